The molecular formula is C13H21NO7P2-4. The van der Waals surface area contributed by atoms with Gasteiger partial charge in [0.25, 0.3) is 0 Å². The van der Waals surface area contributed by atoms with E-state index in [-0.39, 0.29) is 0 Å². The zero-order valence-electron chi connectivity index (χ0n) is 13.3. The summed E-state index contributed by atoms with van der Waals surface area (Å²) in [5.74, 6) is -0.545. The van der Waals surface area contributed by atoms with Crippen molar-refractivity contribution < 1.29 is 33.5 Å². The SMILES string of the molecule is CC(C)=CCC/C(C)=C\C(=O)NCCC(P(=O)([O-])[O-])P(=O)([O-])[O-]. The average molecular weight is 365 g/mol. The second-order valence-corrected chi connectivity index (χ2v) is 9.26. The topological polar surface area (TPSA) is 155 Å². The Morgan fingerprint density at radius 1 is 1.09 bits per heavy atom. The average Bonchev–Trinajstić information content (AvgIpc) is 2.30. The molecule has 0 heterocycles. The molecule has 0 aliphatic heterocycles. The molecule has 134 valence electrons. The van der Waals surface area contributed by atoms with Gasteiger partial charge >= 0.3 is 0 Å². The quantitative estimate of drug-likeness (QED) is 0.323. The molecule has 0 spiro atoms. The van der Waals surface area contributed by atoms with Gasteiger partial charge in [0.15, 0.2) is 0 Å². The van der Waals surface area contributed by atoms with Crippen molar-refractivity contribution in [3.63, 3.8) is 0 Å². The molecule has 10 heteroatoms. The predicted octanol–water partition coefficient (Wildman–Crippen LogP) is -0.661. The fraction of sp³-hybridized carbons (Fsp3) is 0.615. The van der Waals surface area contributed by atoms with Crippen molar-refractivity contribution in [2.75, 3.05) is 6.54 Å². The first-order valence-corrected chi connectivity index (χ1v) is 10.2. The van der Waals surface area contributed by atoms with Crippen molar-refractivity contribution in [3.05, 3.63) is 23.3 Å². The molecule has 0 atom stereocenters. The maximum atomic E-state index is 11.6. The Bertz CT molecular complexity index is 533. The van der Waals surface area contributed by atoms with Crippen LogP contribution in [0.4, 0.5) is 0 Å². The van der Waals surface area contributed by atoms with E-state index in [1.807, 2.05) is 19.9 Å². The van der Waals surface area contributed by atoms with Gasteiger partial charge in [0.1, 0.15) is 0 Å². The van der Waals surface area contributed by atoms with Crippen molar-refractivity contribution >= 4 is 21.1 Å². The summed E-state index contributed by atoms with van der Waals surface area (Å²) in [5, 5.41) is -0.285. The highest BCUT2D eigenvalue weighted by molar-refractivity contribution is 7.68. The van der Waals surface area contributed by atoms with E-state index in [1.165, 1.54) is 6.08 Å². The van der Waals surface area contributed by atoms with Crippen LogP contribution in [-0.4, -0.2) is 17.9 Å². The molecule has 0 bridgehead atoms. The maximum absolute atomic E-state index is 11.6. The Morgan fingerprint density at radius 2 is 1.61 bits per heavy atom. The number of allylic oxidation sites excluding steroid dienone is 3. The molecule has 0 rings (SSSR count). The molecular weight excluding hydrogens is 344 g/mol. The number of rotatable bonds is 9. The largest absolute Gasteiger partial charge is 0.810 e. The third-order valence-electron chi connectivity index (χ3n) is 2.90. The monoisotopic (exact) mass is 365 g/mol. The van der Waals surface area contributed by atoms with E-state index in [9.17, 15) is 33.5 Å². The first-order chi connectivity index (χ1) is 10.3. The lowest BCUT2D eigenvalue weighted by Crippen LogP contribution is -2.36. The van der Waals surface area contributed by atoms with Crippen molar-refractivity contribution in [2.45, 2.75) is 45.4 Å². The number of hydrogen-bond donors (Lipinski definition) is 1. The summed E-state index contributed by atoms with van der Waals surface area (Å²) >= 11 is 0. The van der Waals surface area contributed by atoms with E-state index < -0.39 is 39.5 Å². The van der Waals surface area contributed by atoms with Gasteiger partial charge in [-0.15, -0.1) is 0 Å². The third-order valence-corrected chi connectivity index (χ3v) is 6.57. The van der Waals surface area contributed by atoms with Crippen LogP contribution >= 0.6 is 15.2 Å². The van der Waals surface area contributed by atoms with Crippen LogP contribution in [0.3, 0.4) is 0 Å². The number of carbonyl (C=O) groups excluding carboxylic acids is 1. The zero-order valence-corrected chi connectivity index (χ0v) is 15.1. The molecule has 0 unspecified atom stereocenters. The highest BCUT2D eigenvalue weighted by Crippen LogP contribution is 2.51. The van der Waals surface area contributed by atoms with Gasteiger partial charge in [0, 0.05) is 18.0 Å². The van der Waals surface area contributed by atoms with E-state index in [0.29, 0.717) is 6.42 Å². The van der Waals surface area contributed by atoms with Crippen LogP contribution in [0, 0.1) is 0 Å². The summed E-state index contributed by atoms with van der Waals surface area (Å²) in [5.41, 5.74) is 1.95. The molecule has 23 heavy (non-hydrogen) atoms. The molecule has 8 nitrogen and oxygen atoms in total. The van der Waals surface area contributed by atoms with Crippen LogP contribution in [0.25, 0.3) is 0 Å². The van der Waals surface area contributed by atoms with Crippen LogP contribution in [0.15, 0.2) is 23.3 Å². The standard InChI is InChI=1S/C13H25NO7P2/c1-10(2)5-4-6-11(3)9-12(15)14-8-7-13(22(16,17)18)23(19,20)21/h5,9,13H,4,6-8H2,1-3H3,(H,14,15)(H2,16,17,18)(H2,19,20,21)/p-4/b11-9-. The fourth-order valence-electron chi connectivity index (χ4n) is 1.75. The number of amides is 1. The van der Waals surface area contributed by atoms with Gasteiger partial charge in [-0.3, -0.25) is 4.79 Å². The molecule has 0 saturated carbocycles. The van der Waals surface area contributed by atoms with Crippen LogP contribution in [0.1, 0.15) is 40.0 Å². The molecule has 0 aliphatic rings. The Hall–Kier alpha value is -0.750. The molecule has 0 aromatic rings. The van der Waals surface area contributed by atoms with Crippen molar-refractivity contribution in [1.29, 1.82) is 0 Å². The number of nitrogens with one attached hydrogen (secondary N) is 1. The van der Waals surface area contributed by atoms with Gasteiger partial charge in [-0.05, 0) is 40.0 Å². The van der Waals surface area contributed by atoms with E-state index in [2.05, 4.69) is 5.32 Å². The normalized spacial score (nSPS) is 13.1. The summed E-state index contributed by atoms with van der Waals surface area (Å²) in [4.78, 5) is 54.7. The van der Waals surface area contributed by atoms with Crippen LogP contribution < -0.4 is 24.9 Å². The predicted molar refractivity (Wildman–Crippen MR) is 79.0 cm³/mol. The summed E-state index contributed by atoms with van der Waals surface area (Å²) in [6.07, 6.45) is 3.99. The number of carbonyl (C=O) groups is 1. The van der Waals surface area contributed by atoms with Crippen molar-refractivity contribution in [3.8, 4) is 0 Å². The minimum Gasteiger partial charge on any atom is -0.810 e. The lowest BCUT2D eigenvalue weighted by molar-refractivity contribution is -0.330. The molecule has 0 fully saturated rings. The van der Waals surface area contributed by atoms with Crippen LogP contribution in [0.2, 0.25) is 0 Å². The molecule has 0 radical (unpaired) electrons. The van der Waals surface area contributed by atoms with E-state index in [4.69, 9.17) is 0 Å². The molecule has 1 amide bonds. The molecule has 1 N–H and O–H groups in total. The second-order valence-electron chi connectivity index (χ2n) is 5.45. The summed E-state index contributed by atoms with van der Waals surface area (Å²) in [6.45, 7) is 5.26. The lowest BCUT2D eigenvalue weighted by atomic mass is 10.1. The Labute approximate surface area is 136 Å². The first kappa shape index (κ1) is 22.2. The second kappa shape index (κ2) is 9.52. The van der Waals surface area contributed by atoms with E-state index in [0.717, 1.165) is 17.6 Å². The van der Waals surface area contributed by atoms with Crippen molar-refractivity contribution in [1.82, 2.24) is 5.32 Å². The zero-order chi connectivity index (χ0) is 18.3. The smallest absolute Gasteiger partial charge is 0.243 e. The first-order valence-electron chi connectivity index (χ1n) is 6.96. The van der Waals surface area contributed by atoms with E-state index in [1.54, 1.807) is 6.92 Å². The van der Waals surface area contributed by atoms with Gasteiger partial charge in [-0.2, -0.15) is 0 Å². The number of hydrogen-bond acceptors (Lipinski definition) is 7. The summed E-state index contributed by atoms with van der Waals surface area (Å²) < 4.78 is 21.5. The van der Waals surface area contributed by atoms with Crippen molar-refractivity contribution in [2.24, 2.45) is 0 Å². The Balaban J connectivity index is 4.46. The third kappa shape index (κ3) is 10.6. The highest BCUT2D eigenvalue weighted by atomic mass is 31.2. The molecule has 0 aliphatic carbocycles. The fourth-order valence-corrected chi connectivity index (χ4v) is 4.03. The lowest BCUT2D eigenvalue weighted by Gasteiger charge is -2.49. The summed E-state index contributed by atoms with van der Waals surface area (Å²) in [6, 6.07) is 0. The van der Waals surface area contributed by atoms with Crippen LogP contribution in [-0.2, 0) is 13.9 Å². The highest BCUT2D eigenvalue weighted by Gasteiger charge is 2.17. The molecule has 0 aromatic carbocycles. The van der Waals surface area contributed by atoms with Gasteiger partial charge < -0.3 is 34.0 Å². The van der Waals surface area contributed by atoms with Crippen LogP contribution in [0.5, 0.6) is 0 Å². The van der Waals surface area contributed by atoms with Gasteiger partial charge in [0.2, 0.25) is 5.91 Å². The summed E-state index contributed by atoms with van der Waals surface area (Å²) in [7, 11) is -11.1. The minimum atomic E-state index is -5.57. The van der Waals surface area contributed by atoms with Gasteiger partial charge in [-0.1, -0.05) is 32.4 Å². The minimum absolute atomic E-state index is 0.399. The van der Waals surface area contributed by atoms with Gasteiger partial charge in [-0.25, -0.2) is 0 Å². The van der Waals surface area contributed by atoms with Gasteiger partial charge in [0.05, 0.1) is 0 Å². The Kier molecular flexibility index (Phi) is 9.21. The molecule has 0 aromatic heterocycles. The maximum Gasteiger partial charge on any atom is 0.243 e. The molecule has 0 saturated heterocycles. The Morgan fingerprint density at radius 3 is 2.04 bits per heavy atom. The van der Waals surface area contributed by atoms with E-state index >= 15 is 0 Å².